The van der Waals surface area contributed by atoms with Gasteiger partial charge in [0, 0.05) is 56.8 Å². The summed E-state index contributed by atoms with van der Waals surface area (Å²) in [5.74, 6) is 0.882. The van der Waals surface area contributed by atoms with Gasteiger partial charge in [-0.25, -0.2) is 4.98 Å². The van der Waals surface area contributed by atoms with Crippen LogP contribution in [0.25, 0.3) is 22.4 Å². The van der Waals surface area contributed by atoms with Crippen LogP contribution in [0.3, 0.4) is 0 Å². The molecule has 1 saturated carbocycles. The summed E-state index contributed by atoms with van der Waals surface area (Å²) in [6, 6.07) is 13.2. The maximum absolute atomic E-state index is 6.15. The van der Waals surface area contributed by atoms with E-state index in [0.29, 0.717) is 6.04 Å². The van der Waals surface area contributed by atoms with Crippen LogP contribution in [-0.4, -0.2) is 49.3 Å². The second kappa shape index (κ2) is 10.9. The molecule has 0 amide bonds. The van der Waals surface area contributed by atoms with Gasteiger partial charge in [-0.15, -0.1) is 0 Å². The Kier molecular flexibility index (Phi) is 8.01. The van der Waals surface area contributed by atoms with Crippen LogP contribution in [0.15, 0.2) is 66.3 Å². The van der Waals surface area contributed by atoms with Gasteiger partial charge >= 0.3 is 0 Å². The van der Waals surface area contributed by atoms with Gasteiger partial charge < -0.3 is 16.0 Å². The van der Waals surface area contributed by atoms with E-state index in [9.17, 15) is 0 Å². The van der Waals surface area contributed by atoms with Gasteiger partial charge in [-0.2, -0.15) is 0 Å². The number of hydrogen-bond acceptors (Lipinski definition) is 5. The molecule has 5 heteroatoms. The molecule has 0 bridgehead atoms. The summed E-state index contributed by atoms with van der Waals surface area (Å²) in [5, 5.41) is 3.67. The molecule has 1 unspecified atom stereocenters. The molecule has 2 atom stereocenters. The van der Waals surface area contributed by atoms with Crippen molar-refractivity contribution in [2.24, 2.45) is 10.7 Å². The molecule has 3 N–H and O–H groups in total. The highest BCUT2D eigenvalue weighted by Gasteiger charge is 2.23. The second-order valence-electron chi connectivity index (χ2n) is 8.47. The Labute approximate surface area is 192 Å². The fourth-order valence-electron chi connectivity index (χ4n) is 4.12. The van der Waals surface area contributed by atoms with Gasteiger partial charge in [-0.3, -0.25) is 4.99 Å². The molecule has 1 aliphatic rings. The number of rotatable bonds is 8. The highest BCUT2D eigenvalue weighted by molar-refractivity contribution is 6.11. The van der Waals surface area contributed by atoms with Crippen LogP contribution in [0.5, 0.6) is 0 Å². The molecule has 0 radical (unpaired) electrons. The topological polar surface area (TPSA) is 66.5 Å². The minimum Gasteiger partial charge on any atom is -0.383 e. The molecular weight excluding hydrogens is 394 g/mol. The van der Waals surface area contributed by atoms with Crippen molar-refractivity contribution in [1.29, 1.82) is 0 Å². The minimum atomic E-state index is 0.259. The van der Waals surface area contributed by atoms with E-state index in [2.05, 4.69) is 65.6 Å². The quantitative estimate of drug-likeness (QED) is 0.445. The van der Waals surface area contributed by atoms with Gasteiger partial charge in [-0.05, 0) is 61.1 Å². The molecule has 0 spiro atoms. The molecular formula is C27H35N5. The maximum atomic E-state index is 6.15. The van der Waals surface area contributed by atoms with E-state index in [-0.39, 0.29) is 6.04 Å². The molecule has 3 rings (SSSR count). The highest BCUT2D eigenvalue weighted by Crippen LogP contribution is 2.30. The van der Waals surface area contributed by atoms with Crippen molar-refractivity contribution in [3.8, 4) is 11.3 Å². The first-order chi connectivity index (χ1) is 15.4. The molecule has 1 aromatic carbocycles. The van der Waals surface area contributed by atoms with Crippen LogP contribution in [0.2, 0.25) is 0 Å². The largest absolute Gasteiger partial charge is 0.383 e. The molecule has 1 fully saturated rings. The summed E-state index contributed by atoms with van der Waals surface area (Å²) in [6.07, 6.45) is 11.0. The van der Waals surface area contributed by atoms with Crippen LogP contribution >= 0.6 is 0 Å². The molecule has 1 aromatic heterocycles. The number of nitrogens with zero attached hydrogens (tertiary/aromatic N) is 3. The first-order valence-corrected chi connectivity index (χ1v) is 11.2. The number of nitrogens with two attached hydrogens (primary N) is 1. The zero-order valence-electron chi connectivity index (χ0n) is 19.7. The molecule has 0 aliphatic heterocycles. The Balaban J connectivity index is 2.03. The number of nitrogens with one attached hydrogen (secondary N) is 1. The average Bonchev–Trinajstić information content (AvgIpc) is 3.20. The number of aromatic nitrogens is 1. The summed E-state index contributed by atoms with van der Waals surface area (Å²) >= 11 is 0. The second-order valence-corrected chi connectivity index (χ2v) is 8.47. The lowest BCUT2D eigenvalue weighted by atomic mass is 10.0. The first-order valence-electron chi connectivity index (χ1n) is 11.2. The number of anilines is 1. The Hall–Kier alpha value is -3.18. The molecule has 0 saturated heterocycles. The van der Waals surface area contributed by atoms with Gasteiger partial charge in [0.25, 0.3) is 0 Å². The van der Waals surface area contributed by atoms with E-state index < -0.39 is 0 Å². The van der Waals surface area contributed by atoms with E-state index in [0.717, 1.165) is 58.6 Å². The van der Waals surface area contributed by atoms with E-state index in [4.69, 9.17) is 10.7 Å². The molecule has 2 aromatic rings. The summed E-state index contributed by atoms with van der Waals surface area (Å²) in [5.41, 5.74) is 12.4. The molecule has 5 nitrogen and oxygen atoms in total. The Morgan fingerprint density at radius 2 is 2.03 bits per heavy atom. The van der Waals surface area contributed by atoms with Crippen LogP contribution in [0.1, 0.15) is 37.3 Å². The predicted octanol–water partition coefficient (Wildman–Crippen LogP) is 5.23. The fraction of sp³-hybridized carbons (Fsp3) is 0.333. The van der Waals surface area contributed by atoms with Crippen LogP contribution < -0.4 is 11.1 Å². The number of pyridine rings is 1. The van der Waals surface area contributed by atoms with Crippen molar-refractivity contribution >= 4 is 23.2 Å². The fourth-order valence-corrected chi connectivity index (χ4v) is 4.12. The monoisotopic (exact) mass is 429 g/mol. The van der Waals surface area contributed by atoms with E-state index in [1.807, 2.05) is 38.2 Å². The van der Waals surface area contributed by atoms with Gasteiger partial charge in [0.05, 0.1) is 5.69 Å². The van der Waals surface area contributed by atoms with Crippen LogP contribution in [0, 0.1) is 0 Å². The number of aliphatic imine (C=N–C) groups is 1. The Morgan fingerprint density at radius 3 is 2.66 bits per heavy atom. The highest BCUT2D eigenvalue weighted by atomic mass is 15.0. The van der Waals surface area contributed by atoms with Crippen molar-refractivity contribution in [3.05, 3.63) is 72.5 Å². The van der Waals surface area contributed by atoms with Crippen molar-refractivity contribution in [3.63, 3.8) is 0 Å². The summed E-state index contributed by atoms with van der Waals surface area (Å²) < 4.78 is 0. The van der Waals surface area contributed by atoms with Crippen molar-refractivity contribution in [1.82, 2.24) is 9.88 Å². The van der Waals surface area contributed by atoms with Gasteiger partial charge in [0.15, 0.2) is 0 Å². The van der Waals surface area contributed by atoms with Gasteiger partial charge in [0.2, 0.25) is 0 Å². The Bertz CT molecular complexity index is 1030. The van der Waals surface area contributed by atoms with Crippen LogP contribution in [0.4, 0.5) is 5.82 Å². The summed E-state index contributed by atoms with van der Waals surface area (Å²) in [6.45, 7) is 6.00. The standard InChI is InChI=1S/C27H35N5/c1-6-19(17-29-3)25-13-14-26(31-27(25)30-24-12-11-23(28)16-24)22-10-8-9-21(15-22)20(7-2)18-32(4)5/h6-10,13-15,17-18,23-24H,2,11-12,16,28H2,1,3-5H3,(H,30,31)/b19-6+,20-18+,29-17?/t23-,24?/m0/s1. The van der Waals surface area contributed by atoms with Crippen molar-refractivity contribution in [2.75, 3.05) is 26.5 Å². The van der Waals surface area contributed by atoms with Gasteiger partial charge in [-0.1, -0.05) is 36.9 Å². The first kappa shape index (κ1) is 23.5. The maximum Gasteiger partial charge on any atom is 0.134 e. The average molecular weight is 430 g/mol. The lowest BCUT2D eigenvalue weighted by Gasteiger charge is -2.18. The number of benzene rings is 1. The van der Waals surface area contributed by atoms with Gasteiger partial charge in [0.1, 0.15) is 5.82 Å². The minimum absolute atomic E-state index is 0.259. The van der Waals surface area contributed by atoms with E-state index >= 15 is 0 Å². The third kappa shape index (κ3) is 5.74. The van der Waals surface area contributed by atoms with Crippen molar-refractivity contribution in [2.45, 2.75) is 38.3 Å². The third-order valence-electron chi connectivity index (χ3n) is 5.71. The third-order valence-corrected chi connectivity index (χ3v) is 5.71. The number of allylic oxidation sites excluding steroid dienone is 4. The molecule has 32 heavy (non-hydrogen) atoms. The molecule has 1 heterocycles. The Morgan fingerprint density at radius 1 is 1.22 bits per heavy atom. The lowest BCUT2D eigenvalue weighted by Crippen LogP contribution is -2.22. The number of hydrogen-bond donors (Lipinski definition) is 2. The van der Waals surface area contributed by atoms with E-state index in [1.54, 1.807) is 7.05 Å². The normalized spacial score (nSPS) is 19.4. The summed E-state index contributed by atoms with van der Waals surface area (Å²) in [4.78, 5) is 11.3. The summed E-state index contributed by atoms with van der Waals surface area (Å²) in [7, 11) is 5.82. The van der Waals surface area contributed by atoms with Crippen molar-refractivity contribution < 1.29 is 0 Å². The lowest BCUT2D eigenvalue weighted by molar-refractivity contribution is 0.566. The molecule has 168 valence electrons. The zero-order valence-corrected chi connectivity index (χ0v) is 19.7. The SMILES string of the molecule is C=C/C(=C\N(C)C)c1cccc(-c2ccc(/C(C=NC)=C/C)c(NC3CC[C@H](N)C3)n2)c1. The smallest absolute Gasteiger partial charge is 0.134 e. The zero-order chi connectivity index (χ0) is 23.1. The predicted molar refractivity (Wildman–Crippen MR) is 139 cm³/mol. The van der Waals surface area contributed by atoms with E-state index in [1.165, 1.54) is 0 Å². The molecule has 1 aliphatic carbocycles. The van der Waals surface area contributed by atoms with Crippen LogP contribution in [-0.2, 0) is 0 Å².